The van der Waals surface area contributed by atoms with Gasteiger partial charge in [-0.05, 0) is 67.3 Å². The number of fused-ring (bicyclic) bond motifs is 1. The third kappa shape index (κ3) is 6.10. The molecule has 0 spiro atoms. The number of hydrogen-bond donors (Lipinski definition) is 0. The Morgan fingerprint density at radius 2 is 1.27 bits per heavy atom. The van der Waals surface area contributed by atoms with Crippen LogP contribution in [0, 0.1) is 5.82 Å². The van der Waals surface area contributed by atoms with Gasteiger partial charge >= 0.3 is 17.9 Å². The highest BCUT2D eigenvalue weighted by Gasteiger charge is 2.38. The SMILES string of the molecule is C=C(C)C(=O)Oc1ccc(-c2ccc(-c3ccc4c(c3)C(OC(=O)C(=C)C)C(OC(=O)C(=C)C)C4)cc2F)cc1. The molecule has 1 aliphatic carbocycles. The van der Waals surface area contributed by atoms with Gasteiger partial charge in [0.15, 0.2) is 6.10 Å². The summed E-state index contributed by atoms with van der Waals surface area (Å²) in [5.41, 5.74) is 4.57. The lowest BCUT2D eigenvalue weighted by Crippen LogP contribution is -2.26. The normalized spacial score (nSPS) is 15.5. The molecule has 0 fully saturated rings. The van der Waals surface area contributed by atoms with Gasteiger partial charge in [0, 0.05) is 34.3 Å². The van der Waals surface area contributed by atoms with E-state index in [1.807, 2.05) is 18.2 Å². The molecule has 6 nitrogen and oxygen atoms in total. The van der Waals surface area contributed by atoms with E-state index in [9.17, 15) is 14.4 Å². The lowest BCUT2D eigenvalue weighted by atomic mass is 9.97. The predicted octanol–water partition coefficient (Wildman–Crippen LogP) is 6.85. The average molecular weight is 541 g/mol. The molecule has 0 saturated carbocycles. The van der Waals surface area contributed by atoms with Crippen molar-refractivity contribution in [1.82, 2.24) is 0 Å². The summed E-state index contributed by atoms with van der Waals surface area (Å²) >= 11 is 0. The van der Waals surface area contributed by atoms with Crippen molar-refractivity contribution >= 4 is 17.9 Å². The van der Waals surface area contributed by atoms with Crippen molar-refractivity contribution in [3.05, 3.63) is 114 Å². The lowest BCUT2D eigenvalue weighted by molar-refractivity contribution is -0.161. The summed E-state index contributed by atoms with van der Waals surface area (Å²) in [4.78, 5) is 36.3. The zero-order valence-corrected chi connectivity index (χ0v) is 22.6. The third-order valence-electron chi connectivity index (χ3n) is 6.43. The number of ether oxygens (including phenoxy) is 3. The van der Waals surface area contributed by atoms with Gasteiger partial charge in [0.25, 0.3) is 0 Å². The fourth-order valence-corrected chi connectivity index (χ4v) is 4.27. The van der Waals surface area contributed by atoms with Gasteiger partial charge in [-0.2, -0.15) is 0 Å². The van der Waals surface area contributed by atoms with E-state index in [0.29, 0.717) is 40.0 Å². The standard InChI is InChI=1S/C33H29FO6/c1-18(2)31(35)38-25-12-9-21(10-13-25)26-14-11-23(16-28(26)34)22-7-8-24-17-29(39-32(36)19(3)4)30(27(24)15-22)40-33(37)20(5)6/h7-16,29-30H,1,3,5,17H2,2,4,6H3. The predicted molar refractivity (Wildman–Crippen MR) is 150 cm³/mol. The fourth-order valence-electron chi connectivity index (χ4n) is 4.27. The number of halogens is 1. The second-order valence-electron chi connectivity index (χ2n) is 9.84. The second-order valence-corrected chi connectivity index (χ2v) is 9.84. The Balaban J connectivity index is 1.61. The highest BCUT2D eigenvalue weighted by Crippen LogP contribution is 2.40. The van der Waals surface area contributed by atoms with Crippen LogP contribution in [0.2, 0.25) is 0 Å². The van der Waals surface area contributed by atoms with Gasteiger partial charge in [0.2, 0.25) is 0 Å². The van der Waals surface area contributed by atoms with Crippen LogP contribution in [-0.4, -0.2) is 24.0 Å². The van der Waals surface area contributed by atoms with Gasteiger partial charge in [0.05, 0.1) is 0 Å². The van der Waals surface area contributed by atoms with Crippen molar-refractivity contribution in [2.75, 3.05) is 0 Å². The van der Waals surface area contributed by atoms with Gasteiger partial charge in [-0.15, -0.1) is 0 Å². The van der Waals surface area contributed by atoms with Crippen molar-refractivity contribution in [3.8, 4) is 28.0 Å². The van der Waals surface area contributed by atoms with Crippen LogP contribution in [0.25, 0.3) is 22.3 Å². The first-order valence-electron chi connectivity index (χ1n) is 12.6. The highest BCUT2D eigenvalue weighted by molar-refractivity contribution is 5.89. The molecule has 0 aliphatic heterocycles. The molecule has 204 valence electrons. The Kier molecular flexibility index (Phi) is 8.14. The van der Waals surface area contributed by atoms with E-state index in [1.165, 1.54) is 13.0 Å². The van der Waals surface area contributed by atoms with E-state index < -0.39 is 35.9 Å². The second kappa shape index (κ2) is 11.5. The molecule has 3 aromatic carbocycles. The molecule has 0 radical (unpaired) electrons. The summed E-state index contributed by atoms with van der Waals surface area (Å²) in [5.74, 6) is -1.82. The minimum atomic E-state index is -0.843. The van der Waals surface area contributed by atoms with Crippen LogP contribution in [0.15, 0.2) is 97.1 Å². The maximum atomic E-state index is 15.3. The molecular formula is C33H29FO6. The smallest absolute Gasteiger partial charge is 0.338 e. The number of rotatable bonds is 8. The molecule has 0 bridgehead atoms. The largest absolute Gasteiger partial charge is 0.454 e. The number of esters is 3. The Morgan fingerprint density at radius 3 is 1.88 bits per heavy atom. The lowest BCUT2D eigenvalue weighted by Gasteiger charge is -2.21. The molecule has 4 rings (SSSR count). The summed E-state index contributed by atoms with van der Waals surface area (Å²) < 4.78 is 31.7. The van der Waals surface area contributed by atoms with Crippen LogP contribution in [0.5, 0.6) is 5.75 Å². The minimum absolute atomic E-state index is 0.217. The summed E-state index contributed by atoms with van der Waals surface area (Å²) in [6, 6.07) is 16.9. The summed E-state index contributed by atoms with van der Waals surface area (Å²) in [5, 5.41) is 0. The van der Waals surface area contributed by atoms with Gasteiger partial charge < -0.3 is 14.2 Å². The third-order valence-corrected chi connectivity index (χ3v) is 6.43. The van der Waals surface area contributed by atoms with Crippen molar-refractivity contribution in [3.63, 3.8) is 0 Å². The van der Waals surface area contributed by atoms with Crippen molar-refractivity contribution in [1.29, 1.82) is 0 Å². The topological polar surface area (TPSA) is 78.9 Å². The minimum Gasteiger partial charge on any atom is -0.454 e. The molecule has 0 N–H and O–H groups in total. The van der Waals surface area contributed by atoms with E-state index >= 15 is 4.39 Å². The Hall–Kier alpha value is -4.78. The summed E-state index contributed by atoms with van der Waals surface area (Å²) in [6.07, 6.45) is -1.22. The molecule has 0 heterocycles. The molecule has 0 saturated heterocycles. The van der Waals surface area contributed by atoms with Crippen LogP contribution >= 0.6 is 0 Å². The molecule has 7 heteroatoms. The monoisotopic (exact) mass is 540 g/mol. The van der Waals surface area contributed by atoms with E-state index in [4.69, 9.17) is 14.2 Å². The first-order valence-corrected chi connectivity index (χ1v) is 12.6. The Morgan fingerprint density at radius 1 is 0.725 bits per heavy atom. The highest BCUT2D eigenvalue weighted by atomic mass is 19.1. The molecule has 0 amide bonds. The summed E-state index contributed by atoms with van der Waals surface area (Å²) in [7, 11) is 0. The molecular weight excluding hydrogens is 511 g/mol. The molecule has 1 aliphatic rings. The first-order chi connectivity index (χ1) is 18.9. The van der Waals surface area contributed by atoms with E-state index in [2.05, 4.69) is 19.7 Å². The molecule has 2 atom stereocenters. The quantitative estimate of drug-likeness (QED) is 0.177. The molecule has 40 heavy (non-hydrogen) atoms. The Bertz CT molecular complexity index is 1550. The number of carbonyl (C=O) groups excluding carboxylic acids is 3. The fraction of sp³-hybridized carbons (Fsp3) is 0.182. The van der Waals surface area contributed by atoms with Gasteiger partial charge in [-0.3, -0.25) is 0 Å². The van der Waals surface area contributed by atoms with Gasteiger partial charge in [0.1, 0.15) is 17.7 Å². The van der Waals surface area contributed by atoms with Crippen LogP contribution in [0.1, 0.15) is 38.0 Å². The number of benzene rings is 3. The zero-order chi connectivity index (χ0) is 29.1. The summed E-state index contributed by atoms with van der Waals surface area (Å²) in [6.45, 7) is 15.4. The first kappa shape index (κ1) is 28.2. The molecule has 2 unspecified atom stereocenters. The van der Waals surface area contributed by atoms with Crippen molar-refractivity contribution < 1.29 is 33.0 Å². The van der Waals surface area contributed by atoms with E-state index in [0.717, 1.165) is 5.56 Å². The van der Waals surface area contributed by atoms with E-state index in [-0.39, 0.29) is 16.7 Å². The maximum Gasteiger partial charge on any atom is 0.338 e. The van der Waals surface area contributed by atoms with Crippen molar-refractivity contribution in [2.45, 2.75) is 39.4 Å². The molecule has 0 aromatic heterocycles. The van der Waals surface area contributed by atoms with Gasteiger partial charge in [-0.1, -0.05) is 56.1 Å². The van der Waals surface area contributed by atoms with Crippen LogP contribution in [0.4, 0.5) is 4.39 Å². The van der Waals surface area contributed by atoms with Crippen LogP contribution in [-0.2, 0) is 30.3 Å². The average Bonchev–Trinajstić information content (AvgIpc) is 3.24. The number of hydrogen-bond acceptors (Lipinski definition) is 6. The van der Waals surface area contributed by atoms with Crippen LogP contribution < -0.4 is 4.74 Å². The van der Waals surface area contributed by atoms with E-state index in [1.54, 1.807) is 50.2 Å². The van der Waals surface area contributed by atoms with Gasteiger partial charge in [-0.25, -0.2) is 18.8 Å². The van der Waals surface area contributed by atoms with Crippen molar-refractivity contribution in [2.24, 2.45) is 0 Å². The Labute approximate surface area is 232 Å². The maximum absolute atomic E-state index is 15.3. The molecule has 3 aromatic rings. The van der Waals surface area contributed by atoms with Crippen LogP contribution in [0.3, 0.4) is 0 Å². The zero-order valence-electron chi connectivity index (χ0n) is 22.6. The number of carbonyl (C=O) groups is 3.